The zero-order valence-corrected chi connectivity index (χ0v) is 18.7. The highest BCUT2D eigenvalue weighted by Gasteiger charge is 2.56. The van der Waals surface area contributed by atoms with Crippen molar-refractivity contribution in [2.45, 2.75) is 37.8 Å². The van der Waals surface area contributed by atoms with Crippen LogP contribution in [0.2, 0.25) is 0 Å². The van der Waals surface area contributed by atoms with Crippen LogP contribution in [-0.2, 0) is 6.42 Å². The Balaban J connectivity index is 1.51. The molecule has 0 bridgehead atoms. The number of rotatable bonds is 6. The molecule has 1 fully saturated rings. The first kappa shape index (κ1) is 22.9. The molecule has 2 aliphatic heterocycles. The van der Waals surface area contributed by atoms with Crippen LogP contribution in [0.15, 0.2) is 36.5 Å². The Morgan fingerprint density at radius 3 is 2.91 bits per heavy atom. The molecule has 1 aromatic carbocycles. The number of alkyl halides is 2. The minimum atomic E-state index is -2.72. The number of nitrogens with zero attached hydrogens (tertiary/aromatic N) is 4. The SMILES string of the molecule is CCc1cc(C=O)cnc1O[C@H]1CN2c3cc(-c4cccc(F)c4O)nnc3NC[C@@]2(C(F)F)C1. The van der Waals surface area contributed by atoms with Gasteiger partial charge in [-0.05, 0) is 30.7 Å². The zero-order valence-electron chi connectivity index (χ0n) is 18.7. The van der Waals surface area contributed by atoms with Crippen molar-refractivity contribution in [3.63, 3.8) is 0 Å². The lowest BCUT2D eigenvalue weighted by Crippen LogP contribution is -2.57. The summed E-state index contributed by atoms with van der Waals surface area (Å²) in [6.45, 7) is 1.94. The number of halogens is 3. The molecule has 3 aromatic rings. The van der Waals surface area contributed by atoms with Crippen molar-refractivity contribution in [3.8, 4) is 22.9 Å². The highest BCUT2D eigenvalue weighted by atomic mass is 19.3. The van der Waals surface area contributed by atoms with Gasteiger partial charge < -0.3 is 20.1 Å². The van der Waals surface area contributed by atoms with Gasteiger partial charge in [-0.15, -0.1) is 10.2 Å². The van der Waals surface area contributed by atoms with Gasteiger partial charge >= 0.3 is 0 Å². The molecule has 35 heavy (non-hydrogen) atoms. The largest absolute Gasteiger partial charge is 0.504 e. The Morgan fingerprint density at radius 2 is 2.17 bits per heavy atom. The van der Waals surface area contributed by atoms with Crippen LogP contribution in [0, 0.1) is 5.82 Å². The van der Waals surface area contributed by atoms with E-state index >= 15 is 0 Å². The second-order valence-corrected chi connectivity index (χ2v) is 8.62. The number of aldehydes is 1. The monoisotopic (exact) mass is 485 g/mol. The van der Waals surface area contributed by atoms with E-state index in [1.807, 2.05) is 6.92 Å². The number of aryl methyl sites for hydroxylation is 1. The Bertz CT molecular complexity index is 1290. The number of carbonyl (C=O) groups excluding carboxylic acids is 1. The summed E-state index contributed by atoms with van der Waals surface area (Å²) in [6.07, 6.45) is -0.685. The number of phenols is 1. The number of phenolic OH excluding ortho intramolecular Hbond substituents is 1. The van der Waals surface area contributed by atoms with Crippen LogP contribution in [-0.4, -0.2) is 57.7 Å². The summed E-state index contributed by atoms with van der Waals surface area (Å²) in [5.74, 6) is -0.801. The quantitative estimate of drug-likeness (QED) is 0.508. The van der Waals surface area contributed by atoms with E-state index in [0.29, 0.717) is 41.2 Å². The molecule has 0 aliphatic carbocycles. The van der Waals surface area contributed by atoms with E-state index in [2.05, 4.69) is 20.5 Å². The molecule has 5 rings (SSSR count). The van der Waals surface area contributed by atoms with Crippen LogP contribution in [0.3, 0.4) is 0 Å². The molecule has 2 N–H and O–H groups in total. The zero-order chi connectivity index (χ0) is 24.7. The number of anilines is 2. The maximum absolute atomic E-state index is 14.5. The predicted octanol–water partition coefficient (Wildman–Crippen LogP) is 3.85. The third-order valence-electron chi connectivity index (χ3n) is 6.54. The number of aromatic hydroxyl groups is 1. The second kappa shape index (κ2) is 8.71. The average molecular weight is 485 g/mol. The average Bonchev–Trinajstić information content (AvgIpc) is 3.26. The highest BCUT2D eigenvalue weighted by Crippen LogP contribution is 2.46. The lowest BCUT2D eigenvalue weighted by molar-refractivity contribution is 0.0528. The molecule has 2 atom stereocenters. The molecule has 182 valence electrons. The molecule has 1 saturated heterocycles. The number of nitrogens with one attached hydrogen (secondary N) is 1. The van der Waals surface area contributed by atoms with Gasteiger partial charge in [0.15, 0.2) is 23.7 Å². The van der Waals surface area contributed by atoms with E-state index in [-0.39, 0.29) is 30.8 Å². The van der Waals surface area contributed by atoms with Gasteiger partial charge in [0, 0.05) is 35.9 Å². The lowest BCUT2D eigenvalue weighted by atomic mass is 9.93. The third-order valence-corrected chi connectivity index (χ3v) is 6.54. The van der Waals surface area contributed by atoms with Gasteiger partial charge in [0.2, 0.25) is 5.88 Å². The Kier molecular flexibility index (Phi) is 5.70. The molecule has 0 spiro atoms. The molecule has 8 nitrogen and oxygen atoms in total. The Morgan fingerprint density at radius 1 is 1.34 bits per heavy atom. The van der Waals surface area contributed by atoms with E-state index in [9.17, 15) is 23.1 Å². The summed E-state index contributed by atoms with van der Waals surface area (Å²) >= 11 is 0. The van der Waals surface area contributed by atoms with E-state index in [0.717, 1.165) is 6.07 Å². The van der Waals surface area contributed by atoms with E-state index in [1.165, 1.54) is 24.4 Å². The third kappa shape index (κ3) is 3.80. The standard InChI is InChI=1S/C24H22F3N5O3/c1-2-14-6-13(11-33)9-28-22(14)35-15-8-24(23(26)27)12-29-21-19(32(24)10-15)7-18(30-31-21)16-4-3-5-17(25)20(16)34/h3-7,9,11,15,23,34H,2,8,10,12H2,1H3,(H,29,31)/t15-,24-/m1/s1. The predicted molar refractivity (Wildman–Crippen MR) is 122 cm³/mol. The van der Waals surface area contributed by atoms with Crippen molar-refractivity contribution < 1.29 is 27.8 Å². The number of fused-ring (bicyclic) bond motifs is 3. The van der Waals surface area contributed by atoms with Gasteiger partial charge in [-0.2, -0.15) is 0 Å². The van der Waals surface area contributed by atoms with E-state index in [1.54, 1.807) is 11.0 Å². The molecule has 4 heterocycles. The molecule has 11 heteroatoms. The topological polar surface area (TPSA) is 100 Å². The summed E-state index contributed by atoms with van der Waals surface area (Å²) in [5, 5.41) is 21.2. The maximum Gasteiger partial charge on any atom is 0.263 e. The van der Waals surface area contributed by atoms with E-state index in [4.69, 9.17) is 4.74 Å². The smallest absolute Gasteiger partial charge is 0.263 e. The van der Waals surface area contributed by atoms with Gasteiger partial charge in [-0.3, -0.25) is 4.79 Å². The van der Waals surface area contributed by atoms with Gasteiger partial charge in [0.1, 0.15) is 11.6 Å². The molecule has 2 aromatic heterocycles. The van der Waals surface area contributed by atoms with Crippen LogP contribution >= 0.6 is 0 Å². The summed E-state index contributed by atoms with van der Waals surface area (Å²) < 4.78 is 49.0. The number of hydrogen-bond donors (Lipinski definition) is 2. The van der Waals surface area contributed by atoms with Gasteiger partial charge in [-0.1, -0.05) is 13.0 Å². The maximum atomic E-state index is 14.5. The van der Waals surface area contributed by atoms with E-state index < -0.39 is 29.6 Å². The van der Waals surface area contributed by atoms with Gasteiger partial charge in [0.05, 0.1) is 17.9 Å². The Hall–Kier alpha value is -3.89. The van der Waals surface area contributed by atoms with Crippen molar-refractivity contribution >= 4 is 17.8 Å². The van der Waals surface area contributed by atoms with Crippen LogP contribution in [0.1, 0.15) is 29.3 Å². The fourth-order valence-corrected chi connectivity index (χ4v) is 4.73. The first-order valence-corrected chi connectivity index (χ1v) is 11.1. The van der Waals surface area contributed by atoms with Crippen molar-refractivity contribution in [1.82, 2.24) is 15.2 Å². The highest BCUT2D eigenvalue weighted by molar-refractivity contribution is 5.78. The number of carbonyl (C=O) groups is 1. The van der Waals surface area contributed by atoms with Crippen LogP contribution < -0.4 is 15.0 Å². The molecule has 0 radical (unpaired) electrons. The number of pyridine rings is 1. The fourth-order valence-electron chi connectivity index (χ4n) is 4.73. The van der Waals surface area contributed by atoms with Crippen molar-refractivity contribution in [1.29, 1.82) is 0 Å². The molecule has 2 aliphatic rings. The molecule has 0 amide bonds. The number of hydrogen-bond acceptors (Lipinski definition) is 8. The normalized spacial score (nSPS) is 20.8. The van der Waals surface area contributed by atoms with Gasteiger partial charge in [0.25, 0.3) is 6.43 Å². The van der Waals surface area contributed by atoms with Crippen molar-refractivity contribution in [3.05, 3.63) is 53.5 Å². The molecule has 0 saturated carbocycles. The minimum Gasteiger partial charge on any atom is -0.504 e. The minimum absolute atomic E-state index is 0.0141. The number of aromatic nitrogens is 3. The van der Waals surface area contributed by atoms with Crippen LogP contribution in [0.25, 0.3) is 11.3 Å². The van der Waals surface area contributed by atoms with Crippen LogP contribution in [0.5, 0.6) is 11.6 Å². The summed E-state index contributed by atoms with van der Waals surface area (Å²) in [7, 11) is 0. The molecule has 0 unspecified atom stereocenters. The van der Waals surface area contributed by atoms with Crippen molar-refractivity contribution in [2.75, 3.05) is 23.3 Å². The summed E-state index contributed by atoms with van der Waals surface area (Å²) in [4.78, 5) is 16.9. The summed E-state index contributed by atoms with van der Waals surface area (Å²) in [6, 6.07) is 7.18. The lowest BCUT2D eigenvalue weighted by Gasteiger charge is -2.43. The number of para-hydroxylation sites is 1. The molecular weight excluding hydrogens is 463 g/mol. The Labute approximate surface area is 198 Å². The summed E-state index contributed by atoms with van der Waals surface area (Å²) in [5.41, 5.74) is 0.155. The second-order valence-electron chi connectivity index (χ2n) is 8.62. The van der Waals surface area contributed by atoms with Crippen molar-refractivity contribution in [2.24, 2.45) is 0 Å². The number of benzene rings is 1. The molecular formula is C24H22F3N5O3. The number of ether oxygens (including phenoxy) is 1. The first-order valence-electron chi connectivity index (χ1n) is 11.1. The first-order chi connectivity index (χ1) is 16.9. The van der Waals surface area contributed by atoms with Gasteiger partial charge in [-0.25, -0.2) is 18.2 Å². The van der Waals surface area contributed by atoms with Crippen LogP contribution in [0.4, 0.5) is 24.7 Å². The fraction of sp³-hybridized carbons (Fsp3) is 0.333.